The molecular formula is C20H18F3N3. The number of nitrogens with zero attached hydrogens (tertiary/aromatic N) is 1. The number of para-hydroxylation sites is 2. The Labute approximate surface area is 149 Å². The average molecular weight is 357 g/mol. The van der Waals surface area contributed by atoms with Gasteiger partial charge in [0.1, 0.15) is 0 Å². The minimum Gasteiger partial charge on any atom is -0.379 e. The third-order valence-electron chi connectivity index (χ3n) is 3.75. The summed E-state index contributed by atoms with van der Waals surface area (Å²) in [5, 5.41) is 6.18. The third kappa shape index (κ3) is 4.99. The molecular weight excluding hydrogens is 339 g/mol. The number of aromatic nitrogens is 1. The summed E-state index contributed by atoms with van der Waals surface area (Å²) >= 11 is 0. The molecule has 0 fully saturated rings. The molecule has 0 radical (unpaired) electrons. The Kier molecular flexibility index (Phi) is 5.41. The van der Waals surface area contributed by atoms with E-state index in [-0.39, 0.29) is 13.1 Å². The predicted octanol–water partition coefficient (Wildman–Crippen LogP) is 5.32. The molecule has 0 spiro atoms. The molecule has 0 bridgehead atoms. The summed E-state index contributed by atoms with van der Waals surface area (Å²) in [6, 6.07) is 20.8. The Hall–Kier alpha value is -3.02. The number of halogens is 3. The van der Waals surface area contributed by atoms with E-state index < -0.39 is 11.7 Å². The second-order valence-electron chi connectivity index (χ2n) is 5.78. The maximum absolute atomic E-state index is 13.2. The lowest BCUT2D eigenvalue weighted by atomic mass is 10.1. The second kappa shape index (κ2) is 7.91. The van der Waals surface area contributed by atoms with Crippen LogP contribution in [0.15, 0.2) is 72.8 Å². The third-order valence-corrected chi connectivity index (χ3v) is 3.75. The highest BCUT2D eigenvalue weighted by Crippen LogP contribution is 2.30. The molecule has 1 aromatic heterocycles. The zero-order valence-corrected chi connectivity index (χ0v) is 13.9. The van der Waals surface area contributed by atoms with Gasteiger partial charge in [-0.05, 0) is 36.4 Å². The maximum atomic E-state index is 13.2. The van der Waals surface area contributed by atoms with E-state index >= 15 is 0 Å². The van der Waals surface area contributed by atoms with Crippen LogP contribution in [0.2, 0.25) is 0 Å². The standard InChI is InChI=1S/C20H18F3N3/c21-20(22,23)15-11-18(13-24-16-7-3-1-4-8-16)26-19(12-15)14-25-17-9-5-2-6-10-17/h1-12,24-25H,13-14H2. The molecule has 0 saturated heterocycles. The molecule has 26 heavy (non-hydrogen) atoms. The quantitative estimate of drug-likeness (QED) is 0.626. The van der Waals surface area contributed by atoms with Crippen molar-refractivity contribution in [3.05, 3.63) is 89.7 Å². The first-order valence-electron chi connectivity index (χ1n) is 8.15. The van der Waals surface area contributed by atoms with E-state index in [1.54, 1.807) is 0 Å². The van der Waals surface area contributed by atoms with Gasteiger partial charge >= 0.3 is 6.18 Å². The van der Waals surface area contributed by atoms with E-state index in [1.165, 1.54) is 0 Å². The van der Waals surface area contributed by atoms with Crippen molar-refractivity contribution in [2.24, 2.45) is 0 Å². The Morgan fingerprint density at radius 3 is 1.50 bits per heavy atom. The highest BCUT2D eigenvalue weighted by atomic mass is 19.4. The van der Waals surface area contributed by atoms with E-state index in [0.717, 1.165) is 23.5 Å². The molecule has 2 N–H and O–H groups in total. The Balaban J connectivity index is 1.77. The minimum atomic E-state index is -4.41. The molecule has 0 unspecified atom stereocenters. The molecule has 1 heterocycles. The van der Waals surface area contributed by atoms with Crippen molar-refractivity contribution in [3.8, 4) is 0 Å². The molecule has 3 nitrogen and oxygen atoms in total. The van der Waals surface area contributed by atoms with Gasteiger partial charge in [-0.25, -0.2) is 0 Å². The van der Waals surface area contributed by atoms with Crippen molar-refractivity contribution in [2.75, 3.05) is 10.6 Å². The maximum Gasteiger partial charge on any atom is 0.416 e. The lowest BCUT2D eigenvalue weighted by molar-refractivity contribution is -0.137. The fourth-order valence-electron chi connectivity index (χ4n) is 2.49. The average Bonchev–Trinajstić information content (AvgIpc) is 2.66. The SMILES string of the molecule is FC(F)(F)c1cc(CNc2ccccc2)nc(CNc2ccccc2)c1. The first-order chi connectivity index (χ1) is 12.5. The first kappa shape index (κ1) is 17.8. The number of hydrogen-bond acceptors (Lipinski definition) is 3. The van der Waals surface area contributed by atoms with Gasteiger partial charge in [0.15, 0.2) is 0 Å². The van der Waals surface area contributed by atoms with Gasteiger partial charge in [-0.1, -0.05) is 36.4 Å². The smallest absolute Gasteiger partial charge is 0.379 e. The molecule has 0 aliphatic rings. The molecule has 0 aliphatic carbocycles. The molecule has 3 rings (SSSR count). The van der Waals surface area contributed by atoms with Crippen LogP contribution in [-0.2, 0) is 19.3 Å². The van der Waals surface area contributed by atoms with E-state index in [0.29, 0.717) is 11.4 Å². The summed E-state index contributed by atoms with van der Waals surface area (Å²) in [7, 11) is 0. The normalized spacial score (nSPS) is 11.2. The molecule has 0 saturated carbocycles. The number of benzene rings is 2. The van der Waals surface area contributed by atoms with Crippen molar-refractivity contribution in [1.29, 1.82) is 0 Å². The van der Waals surface area contributed by atoms with Gasteiger partial charge in [0.25, 0.3) is 0 Å². The fraction of sp³-hybridized carbons (Fsp3) is 0.150. The van der Waals surface area contributed by atoms with E-state index in [2.05, 4.69) is 15.6 Å². The predicted molar refractivity (Wildman–Crippen MR) is 96.8 cm³/mol. The van der Waals surface area contributed by atoms with Crippen LogP contribution in [0, 0.1) is 0 Å². The Bertz CT molecular complexity index is 772. The van der Waals surface area contributed by atoms with Crippen molar-refractivity contribution in [1.82, 2.24) is 4.98 Å². The Morgan fingerprint density at radius 1 is 0.692 bits per heavy atom. The summed E-state index contributed by atoms with van der Waals surface area (Å²) < 4.78 is 39.6. The molecule has 0 amide bonds. The topological polar surface area (TPSA) is 37.0 Å². The van der Waals surface area contributed by atoms with Gasteiger partial charge in [-0.3, -0.25) is 4.98 Å². The van der Waals surface area contributed by atoms with Gasteiger partial charge in [-0.2, -0.15) is 13.2 Å². The van der Waals surface area contributed by atoms with E-state index in [1.807, 2.05) is 60.7 Å². The van der Waals surface area contributed by atoms with Gasteiger partial charge in [0.2, 0.25) is 0 Å². The molecule has 134 valence electrons. The van der Waals surface area contributed by atoms with Gasteiger partial charge in [0.05, 0.1) is 30.0 Å². The van der Waals surface area contributed by atoms with Crippen LogP contribution in [0.1, 0.15) is 17.0 Å². The molecule has 6 heteroatoms. The van der Waals surface area contributed by atoms with Crippen LogP contribution in [-0.4, -0.2) is 4.98 Å². The lowest BCUT2D eigenvalue weighted by Crippen LogP contribution is -2.12. The van der Waals surface area contributed by atoms with Crippen LogP contribution in [0.3, 0.4) is 0 Å². The largest absolute Gasteiger partial charge is 0.416 e. The van der Waals surface area contributed by atoms with Crippen LogP contribution >= 0.6 is 0 Å². The van der Waals surface area contributed by atoms with Gasteiger partial charge in [0, 0.05) is 11.4 Å². The van der Waals surface area contributed by atoms with Crippen LogP contribution in [0.5, 0.6) is 0 Å². The second-order valence-corrected chi connectivity index (χ2v) is 5.78. The summed E-state index contributed by atoms with van der Waals surface area (Å²) in [6.45, 7) is 0.429. The zero-order chi connectivity index (χ0) is 18.4. The summed E-state index contributed by atoms with van der Waals surface area (Å²) in [5.74, 6) is 0. The lowest BCUT2D eigenvalue weighted by Gasteiger charge is -2.13. The number of nitrogens with one attached hydrogen (secondary N) is 2. The number of alkyl halides is 3. The molecule has 0 aliphatic heterocycles. The van der Waals surface area contributed by atoms with E-state index in [4.69, 9.17) is 0 Å². The van der Waals surface area contributed by atoms with Crippen molar-refractivity contribution in [3.63, 3.8) is 0 Å². The minimum absolute atomic E-state index is 0.215. The summed E-state index contributed by atoms with van der Waals surface area (Å²) in [5.41, 5.74) is 1.65. The first-order valence-corrected chi connectivity index (χ1v) is 8.15. The molecule has 0 atom stereocenters. The highest BCUT2D eigenvalue weighted by molar-refractivity contribution is 5.44. The summed E-state index contributed by atoms with van der Waals surface area (Å²) in [4.78, 5) is 4.35. The van der Waals surface area contributed by atoms with E-state index in [9.17, 15) is 13.2 Å². The fourth-order valence-corrected chi connectivity index (χ4v) is 2.49. The van der Waals surface area contributed by atoms with Crippen LogP contribution in [0.4, 0.5) is 24.5 Å². The van der Waals surface area contributed by atoms with Crippen molar-refractivity contribution < 1.29 is 13.2 Å². The monoisotopic (exact) mass is 357 g/mol. The van der Waals surface area contributed by atoms with Crippen molar-refractivity contribution >= 4 is 11.4 Å². The number of rotatable bonds is 6. The molecule has 2 aromatic carbocycles. The van der Waals surface area contributed by atoms with Crippen LogP contribution in [0.25, 0.3) is 0 Å². The number of hydrogen-bond donors (Lipinski definition) is 2. The molecule has 3 aromatic rings. The summed E-state index contributed by atoms with van der Waals surface area (Å²) in [6.07, 6.45) is -4.41. The zero-order valence-electron chi connectivity index (χ0n) is 13.9. The van der Waals surface area contributed by atoms with Gasteiger partial charge in [-0.15, -0.1) is 0 Å². The van der Waals surface area contributed by atoms with Gasteiger partial charge < -0.3 is 10.6 Å². The number of anilines is 2. The Morgan fingerprint density at radius 2 is 1.12 bits per heavy atom. The number of pyridine rings is 1. The highest BCUT2D eigenvalue weighted by Gasteiger charge is 2.31. The van der Waals surface area contributed by atoms with Crippen molar-refractivity contribution in [2.45, 2.75) is 19.3 Å². The van der Waals surface area contributed by atoms with Crippen LogP contribution < -0.4 is 10.6 Å².